The summed E-state index contributed by atoms with van der Waals surface area (Å²) in [7, 11) is 0. The number of hydrogen-bond acceptors (Lipinski definition) is 2. The summed E-state index contributed by atoms with van der Waals surface area (Å²) in [5.74, 6) is -2.61. The highest BCUT2D eigenvalue weighted by Crippen LogP contribution is 2.26. The summed E-state index contributed by atoms with van der Waals surface area (Å²) in [5.41, 5.74) is 0. The van der Waals surface area contributed by atoms with Gasteiger partial charge in [-0.15, -0.1) is 0 Å². The van der Waals surface area contributed by atoms with Crippen molar-refractivity contribution >= 4 is 17.7 Å². The van der Waals surface area contributed by atoms with E-state index >= 15 is 0 Å². The zero-order valence-electron chi connectivity index (χ0n) is 8.35. The van der Waals surface area contributed by atoms with Crippen LogP contribution in [0.3, 0.4) is 0 Å². The fourth-order valence-corrected chi connectivity index (χ4v) is 2.63. The Morgan fingerprint density at radius 3 is 2.71 bits per heavy atom. The summed E-state index contributed by atoms with van der Waals surface area (Å²) in [6, 6.07) is 0.0739. The third kappa shape index (κ3) is 4.26. The van der Waals surface area contributed by atoms with Crippen LogP contribution in [0.15, 0.2) is 0 Å². The lowest BCUT2D eigenvalue weighted by Crippen LogP contribution is -2.37. The molecule has 82 valence electrons. The van der Waals surface area contributed by atoms with Crippen LogP contribution >= 0.6 is 11.8 Å². The van der Waals surface area contributed by atoms with Crippen LogP contribution in [0.5, 0.6) is 0 Å². The third-order valence-electron chi connectivity index (χ3n) is 2.03. The molecule has 1 aliphatic heterocycles. The molecule has 14 heavy (non-hydrogen) atoms. The normalized spacial score (nSPS) is 27.7. The number of hydrogen-bond donors (Lipinski definition) is 1. The topological polar surface area (TPSA) is 29.1 Å². The Balaban J connectivity index is 2.27. The van der Waals surface area contributed by atoms with Crippen molar-refractivity contribution in [1.82, 2.24) is 5.32 Å². The quantitative estimate of drug-likeness (QED) is 0.793. The summed E-state index contributed by atoms with van der Waals surface area (Å²) in [6.07, 6.45) is 0.175. The number of amides is 1. The first-order valence-corrected chi connectivity index (χ1v) is 5.70. The van der Waals surface area contributed by atoms with E-state index in [1.165, 1.54) is 0 Å². The summed E-state index contributed by atoms with van der Waals surface area (Å²) < 4.78 is 24.9. The molecular weight excluding hydrogens is 208 g/mol. The molecule has 0 aliphatic carbocycles. The van der Waals surface area contributed by atoms with Crippen molar-refractivity contribution in [3.8, 4) is 0 Å². The van der Waals surface area contributed by atoms with Gasteiger partial charge in [0.05, 0.1) is 6.42 Å². The SMILES string of the molecule is CC1CC(NC(=O)CC(C)(F)F)CS1. The minimum absolute atomic E-state index is 0.0739. The molecule has 0 bridgehead atoms. The Morgan fingerprint density at radius 1 is 1.64 bits per heavy atom. The van der Waals surface area contributed by atoms with Gasteiger partial charge in [-0.1, -0.05) is 6.92 Å². The van der Waals surface area contributed by atoms with Crippen LogP contribution in [0.4, 0.5) is 8.78 Å². The molecule has 1 N–H and O–H groups in total. The molecule has 0 aromatic rings. The lowest BCUT2D eigenvalue weighted by atomic mass is 10.2. The van der Waals surface area contributed by atoms with E-state index in [1.807, 2.05) is 0 Å². The highest BCUT2D eigenvalue weighted by atomic mass is 32.2. The van der Waals surface area contributed by atoms with Crippen molar-refractivity contribution < 1.29 is 13.6 Å². The largest absolute Gasteiger partial charge is 0.352 e. The summed E-state index contributed by atoms with van der Waals surface area (Å²) in [6.45, 7) is 2.84. The number of carbonyl (C=O) groups excluding carboxylic acids is 1. The fourth-order valence-electron chi connectivity index (χ4n) is 1.48. The van der Waals surface area contributed by atoms with Crippen molar-refractivity contribution in [2.24, 2.45) is 0 Å². The Morgan fingerprint density at radius 2 is 2.29 bits per heavy atom. The molecule has 0 aromatic heterocycles. The molecule has 1 saturated heterocycles. The molecule has 1 heterocycles. The maximum absolute atomic E-state index is 12.5. The maximum Gasteiger partial charge on any atom is 0.254 e. The first kappa shape index (κ1) is 11.8. The Hall–Kier alpha value is -0.320. The number of rotatable bonds is 3. The summed E-state index contributed by atoms with van der Waals surface area (Å²) in [4.78, 5) is 11.1. The average molecular weight is 223 g/mol. The molecule has 2 atom stereocenters. The monoisotopic (exact) mass is 223 g/mol. The number of thioether (sulfide) groups is 1. The van der Waals surface area contributed by atoms with Crippen molar-refractivity contribution in [3.05, 3.63) is 0 Å². The van der Waals surface area contributed by atoms with Crippen LogP contribution in [0.2, 0.25) is 0 Å². The van der Waals surface area contributed by atoms with Crippen LogP contribution < -0.4 is 5.32 Å². The highest BCUT2D eigenvalue weighted by Gasteiger charge is 2.28. The Kier molecular flexibility index (Phi) is 3.75. The molecular formula is C9H15F2NOS. The van der Waals surface area contributed by atoms with E-state index in [-0.39, 0.29) is 6.04 Å². The van der Waals surface area contributed by atoms with E-state index in [0.717, 1.165) is 19.1 Å². The van der Waals surface area contributed by atoms with E-state index in [9.17, 15) is 13.6 Å². The lowest BCUT2D eigenvalue weighted by Gasteiger charge is -2.14. The predicted octanol–water partition coefficient (Wildman–Crippen LogP) is 2.04. The predicted molar refractivity (Wildman–Crippen MR) is 53.7 cm³/mol. The number of alkyl halides is 2. The van der Waals surface area contributed by atoms with Gasteiger partial charge in [-0.25, -0.2) is 8.78 Å². The molecule has 1 aliphatic rings. The number of halogens is 2. The molecule has 1 amide bonds. The molecule has 1 fully saturated rings. The second-order valence-corrected chi connectivity index (χ2v) is 5.36. The molecule has 0 aromatic carbocycles. The smallest absolute Gasteiger partial charge is 0.254 e. The first-order chi connectivity index (χ1) is 6.37. The number of nitrogens with one attached hydrogen (secondary N) is 1. The zero-order valence-corrected chi connectivity index (χ0v) is 9.16. The van der Waals surface area contributed by atoms with E-state index in [4.69, 9.17) is 0 Å². The van der Waals surface area contributed by atoms with Gasteiger partial charge in [0, 0.05) is 17.0 Å². The third-order valence-corrected chi connectivity index (χ3v) is 3.39. The zero-order chi connectivity index (χ0) is 10.8. The Bertz CT molecular complexity index is 217. The van der Waals surface area contributed by atoms with Crippen LogP contribution in [0.25, 0.3) is 0 Å². The first-order valence-electron chi connectivity index (χ1n) is 4.65. The summed E-state index contributed by atoms with van der Waals surface area (Å²) in [5, 5.41) is 3.14. The van der Waals surface area contributed by atoms with E-state index in [1.54, 1.807) is 11.8 Å². The van der Waals surface area contributed by atoms with Crippen molar-refractivity contribution in [1.29, 1.82) is 0 Å². The van der Waals surface area contributed by atoms with E-state index in [0.29, 0.717) is 5.25 Å². The Labute approximate surface area is 86.8 Å². The molecule has 2 nitrogen and oxygen atoms in total. The second kappa shape index (κ2) is 4.47. The van der Waals surface area contributed by atoms with Crippen LogP contribution in [0, 0.1) is 0 Å². The average Bonchev–Trinajstić information content (AvgIpc) is 2.30. The minimum Gasteiger partial charge on any atom is -0.352 e. The standard InChI is InChI=1S/C9H15F2NOS/c1-6-3-7(5-14-6)12-8(13)4-9(2,10)11/h6-7H,3-5H2,1-2H3,(H,12,13). The second-order valence-electron chi connectivity index (χ2n) is 3.89. The molecule has 2 unspecified atom stereocenters. The van der Waals surface area contributed by atoms with Crippen LogP contribution in [0.1, 0.15) is 26.7 Å². The highest BCUT2D eigenvalue weighted by molar-refractivity contribution is 8.00. The van der Waals surface area contributed by atoms with Gasteiger partial charge in [0.25, 0.3) is 5.92 Å². The molecule has 0 radical (unpaired) electrons. The van der Waals surface area contributed by atoms with Gasteiger partial charge >= 0.3 is 0 Å². The molecule has 0 saturated carbocycles. The van der Waals surface area contributed by atoms with E-state index in [2.05, 4.69) is 12.2 Å². The van der Waals surface area contributed by atoms with Gasteiger partial charge < -0.3 is 5.32 Å². The number of carbonyl (C=O) groups is 1. The lowest BCUT2D eigenvalue weighted by molar-refractivity contribution is -0.127. The maximum atomic E-state index is 12.5. The van der Waals surface area contributed by atoms with Gasteiger partial charge in [0.2, 0.25) is 5.91 Å². The molecule has 5 heteroatoms. The van der Waals surface area contributed by atoms with E-state index < -0.39 is 18.3 Å². The van der Waals surface area contributed by atoms with Gasteiger partial charge in [-0.05, 0) is 13.3 Å². The molecule has 0 spiro atoms. The van der Waals surface area contributed by atoms with Crippen LogP contribution in [-0.2, 0) is 4.79 Å². The fraction of sp³-hybridized carbons (Fsp3) is 0.889. The van der Waals surface area contributed by atoms with Gasteiger partial charge in [-0.2, -0.15) is 11.8 Å². The van der Waals surface area contributed by atoms with Crippen molar-refractivity contribution in [3.63, 3.8) is 0 Å². The molecule has 1 rings (SSSR count). The van der Waals surface area contributed by atoms with Crippen LogP contribution in [-0.4, -0.2) is 28.9 Å². The van der Waals surface area contributed by atoms with Crippen molar-refractivity contribution in [2.75, 3.05) is 5.75 Å². The van der Waals surface area contributed by atoms with Crippen molar-refractivity contribution in [2.45, 2.75) is 43.9 Å². The van der Waals surface area contributed by atoms with Gasteiger partial charge in [0.15, 0.2) is 0 Å². The summed E-state index contributed by atoms with van der Waals surface area (Å²) >= 11 is 1.76. The minimum atomic E-state index is -2.90. The van der Waals surface area contributed by atoms with Gasteiger partial charge in [0.1, 0.15) is 0 Å². The van der Waals surface area contributed by atoms with Gasteiger partial charge in [-0.3, -0.25) is 4.79 Å².